The van der Waals surface area contributed by atoms with Crippen LogP contribution in [-0.2, 0) is 17.7 Å². The van der Waals surface area contributed by atoms with Crippen molar-refractivity contribution in [2.75, 3.05) is 56.2 Å². The largest absolute Gasteiger partial charge is 0.379 e. The first-order valence-electron chi connectivity index (χ1n) is 9.53. The molecule has 2 aromatic rings. The minimum absolute atomic E-state index is 0.156. The Bertz CT molecular complexity index is 756. The van der Waals surface area contributed by atoms with Crippen molar-refractivity contribution in [3.8, 4) is 0 Å². The summed E-state index contributed by atoms with van der Waals surface area (Å²) in [6.07, 6.45) is 1.11. The first-order valence-corrected chi connectivity index (χ1v) is 10.4. The van der Waals surface area contributed by atoms with Gasteiger partial charge in [-0.1, -0.05) is 0 Å². The van der Waals surface area contributed by atoms with E-state index >= 15 is 0 Å². The van der Waals surface area contributed by atoms with Gasteiger partial charge in [-0.15, -0.1) is 11.3 Å². The molecule has 0 unspecified atom stereocenters. The lowest BCUT2D eigenvalue weighted by Crippen LogP contribution is -2.42. The average Bonchev–Trinajstić information content (AvgIpc) is 3.17. The van der Waals surface area contributed by atoms with E-state index in [1.165, 1.54) is 16.1 Å². The summed E-state index contributed by atoms with van der Waals surface area (Å²) in [6, 6.07) is 10.2. The van der Waals surface area contributed by atoms with Gasteiger partial charge in [-0.25, -0.2) is 4.79 Å². The molecule has 144 valence electrons. The highest BCUT2D eigenvalue weighted by molar-refractivity contribution is 7.10. The maximum absolute atomic E-state index is 12.1. The molecule has 6 nitrogen and oxygen atoms in total. The SMILES string of the molecule is O=C(NCCN1CCOCC1)Nc1ccc(N2CCc3sccc3C2)cc1. The van der Waals surface area contributed by atoms with E-state index in [9.17, 15) is 4.79 Å². The quantitative estimate of drug-likeness (QED) is 0.830. The summed E-state index contributed by atoms with van der Waals surface area (Å²) in [5, 5.41) is 8.01. The molecule has 3 heterocycles. The lowest BCUT2D eigenvalue weighted by molar-refractivity contribution is 0.0388. The third kappa shape index (κ3) is 4.80. The van der Waals surface area contributed by atoms with E-state index in [4.69, 9.17) is 4.74 Å². The molecule has 2 N–H and O–H groups in total. The third-order valence-electron chi connectivity index (χ3n) is 5.12. The van der Waals surface area contributed by atoms with Crippen LogP contribution in [0, 0.1) is 0 Å². The lowest BCUT2D eigenvalue weighted by atomic mass is 10.1. The molecule has 4 rings (SSSR count). The van der Waals surface area contributed by atoms with E-state index in [0.29, 0.717) is 6.54 Å². The summed E-state index contributed by atoms with van der Waals surface area (Å²) < 4.78 is 5.33. The Labute approximate surface area is 164 Å². The van der Waals surface area contributed by atoms with Crippen molar-refractivity contribution in [1.82, 2.24) is 10.2 Å². The van der Waals surface area contributed by atoms with Crippen molar-refractivity contribution in [3.05, 3.63) is 46.2 Å². The van der Waals surface area contributed by atoms with Crippen LogP contribution in [0.2, 0.25) is 0 Å². The molecule has 1 aromatic carbocycles. The second-order valence-corrected chi connectivity index (χ2v) is 7.92. The topological polar surface area (TPSA) is 56.8 Å². The molecule has 1 fully saturated rings. The van der Waals surface area contributed by atoms with Gasteiger partial charge in [-0.3, -0.25) is 4.90 Å². The van der Waals surface area contributed by atoms with E-state index in [2.05, 4.69) is 44.0 Å². The summed E-state index contributed by atoms with van der Waals surface area (Å²) in [4.78, 5) is 18.3. The molecule has 0 bridgehead atoms. The normalized spacial score (nSPS) is 17.4. The van der Waals surface area contributed by atoms with Gasteiger partial charge in [0.25, 0.3) is 0 Å². The fourth-order valence-corrected chi connectivity index (χ4v) is 4.44. The predicted octanol–water partition coefficient (Wildman–Crippen LogP) is 2.76. The van der Waals surface area contributed by atoms with Gasteiger partial charge in [-0.2, -0.15) is 0 Å². The van der Waals surface area contributed by atoms with Crippen LogP contribution in [0.15, 0.2) is 35.7 Å². The molecule has 2 aliphatic heterocycles. The molecule has 2 amide bonds. The number of morpholine rings is 1. The Morgan fingerprint density at radius 1 is 1.11 bits per heavy atom. The van der Waals surface area contributed by atoms with Crippen LogP contribution < -0.4 is 15.5 Å². The minimum Gasteiger partial charge on any atom is -0.379 e. The second kappa shape index (κ2) is 8.73. The third-order valence-corrected chi connectivity index (χ3v) is 6.14. The van der Waals surface area contributed by atoms with Crippen LogP contribution in [0.5, 0.6) is 0 Å². The fourth-order valence-electron chi connectivity index (χ4n) is 3.55. The van der Waals surface area contributed by atoms with Gasteiger partial charge in [0.05, 0.1) is 13.2 Å². The highest BCUT2D eigenvalue weighted by atomic mass is 32.1. The van der Waals surface area contributed by atoms with Gasteiger partial charge in [0, 0.05) is 55.5 Å². The molecule has 27 heavy (non-hydrogen) atoms. The number of hydrogen-bond donors (Lipinski definition) is 2. The monoisotopic (exact) mass is 386 g/mol. The Hall–Kier alpha value is -2.09. The van der Waals surface area contributed by atoms with Gasteiger partial charge in [-0.05, 0) is 47.7 Å². The molecule has 0 aliphatic carbocycles. The predicted molar refractivity (Wildman–Crippen MR) is 110 cm³/mol. The zero-order valence-electron chi connectivity index (χ0n) is 15.4. The second-order valence-electron chi connectivity index (χ2n) is 6.92. The highest BCUT2D eigenvalue weighted by Crippen LogP contribution is 2.28. The molecule has 1 saturated heterocycles. The summed E-state index contributed by atoms with van der Waals surface area (Å²) in [5.41, 5.74) is 3.45. The number of benzene rings is 1. The number of rotatable bonds is 5. The van der Waals surface area contributed by atoms with Crippen molar-refractivity contribution < 1.29 is 9.53 Å². The smallest absolute Gasteiger partial charge is 0.319 e. The van der Waals surface area contributed by atoms with E-state index in [1.807, 2.05) is 23.5 Å². The fraction of sp³-hybridized carbons (Fsp3) is 0.450. The number of nitrogens with zero attached hydrogens (tertiary/aromatic N) is 2. The zero-order chi connectivity index (χ0) is 18.5. The maximum atomic E-state index is 12.1. The Kier molecular flexibility index (Phi) is 5.91. The van der Waals surface area contributed by atoms with Crippen LogP contribution in [0.3, 0.4) is 0 Å². The highest BCUT2D eigenvalue weighted by Gasteiger charge is 2.17. The van der Waals surface area contributed by atoms with Crippen LogP contribution in [-0.4, -0.2) is 56.9 Å². The number of anilines is 2. The summed E-state index contributed by atoms with van der Waals surface area (Å²) >= 11 is 1.86. The molecule has 7 heteroatoms. The Balaban J connectivity index is 1.23. The number of urea groups is 1. The number of hydrogen-bond acceptors (Lipinski definition) is 5. The van der Waals surface area contributed by atoms with Gasteiger partial charge in [0.1, 0.15) is 0 Å². The van der Waals surface area contributed by atoms with E-state index in [1.54, 1.807) is 0 Å². The van der Waals surface area contributed by atoms with Crippen molar-refractivity contribution in [2.24, 2.45) is 0 Å². The number of carbonyl (C=O) groups excluding carboxylic acids is 1. The molecular formula is C20H26N4O2S. The number of fused-ring (bicyclic) bond motifs is 1. The summed E-state index contributed by atoms with van der Waals surface area (Å²) in [7, 11) is 0. The van der Waals surface area contributed by atoms with Gasteiger partial charge in [0.15, 0.2) is 0 Å². The van der Waals surface area contributed by atoms with Gasteiger partial charge < -0.3 is 20.3 Å². The van der Waals surface area contributed by atoms with Crippen LogP contribution in [0.4, 0.5) is 16.2 Å². The molecule has 0 radical (unpaired) electrons. The number of ether oxygens (including phenoxy) is 1. The maximum Gasteiger partial charge on any atom is 0.319 e. The van der Waals surface area contributed by atoms with Crippen molar-refractivity contribution >= 4 is 28.7 Å². The summed E-state index contributed by atoms with van der Waals surface area (Å²) in [5.74, 6) is 0. The van der Waals surface area contributed by atoms with Crippen molar-refractivity contribution in [2.45, 2.75) is 13.0 Å². The van der Waals surface area contributed by atoms with Crippen molar-refractivity contribution in [1.29, 1.82) is 0 Å². The van der Waals surface area contributed by atoms with Crippen LogP contribution in [0.1, 0.15) is 10.4 Å². The van der Waals surface area contributed by atoms with E-state index < -0.39 is 0 Å². The summed E-state index contributed by atoms with van der Waals surface area (Å²) in [6.45, 7) is 6.95. The minimum atomic E-state index is -0.156. The van der Waals surface area contributed by atoms with Crippen LogP contribution in [0.25, 0.3) is 0 Å². The standard InChI is InChI=1S/C20H26N4O2S/c25-20(21-7-9-23-10-12-26-13-11-23)22-17-1-3-18(4-2-17)24-8-5-19-16(15-24)6-14-27-19/h1-4,6,14H,5,7-13,15H2,(H2,21,22,25). The number of carbonyl (C=O) groups is 1. The van der Waals surface area contributed by atoms with E-state index in [0.717, 1.165) is 58.0 Å². The van der Waals surface area contributed by atoms with Crippen molar-refractivity contribution in [3.63, 3.8) is 0 Å². The molecule has 0 atom stereocenters. The van der Waals surface area contributed by atoms with Gasteiger partial charge in [0.2, 0.25) is 0 Å². The first-order chi connectivity index (χ1) is 13.3. The zero-order valence-corrected chi connectivity index (χ0v) is 16.3. The van der Waals surface area contributed by atoms with Crippen LogP contribution >= 0.6 is 11.3 Å². The molecule has 2 aliphatic rings. The molecule has 0 spiro atoms. The number of nitrogens with one attached hydrogen (secondary N) is 2. The number of thiophene rings is 1. The average molecular weight is 387 g/mol. The lowest BCUT2D eigenvalue weighted by Gasteiger charge is -2.29. The van der Waals surface area contributed by atoms with E-state index in [-0.39, 0.29) is 6.03 Å². The molecular weight excluding hydrogens is 360 g/mol. The Morgan fingerprint density at radius 3 is 2.74 bits per heavy atom. The van der Waals surface area contributed by atoms with Gasteiger partial charge >= 0.3 is 6.03 Å². The molecule has 0 saturated carbocycles. The first kappa shape index (κ1) is 18.3. The Morgan fingerprint density at radius 2 is 1.93 bits per heavy atom. The molecule has 1 aromatic heterocycles. The number of amides is 2.